The summed E-state index contributed by atoms with van der Waals surface area (Å²) in [7, 11) is 0. The first-order valence-corrected chi connectivity index (χ1v) is 8.06. The zero-order chi connectivity index (χ0) is 13.9. The SMILES string of the molecule is BrCc1nc(Br)c(-c2ccc(-c3ccccc3)cc2)o1. The van der Waals surface area contributed by atoms with Crippen molar-refractivity contribution in [1.29, 1.82) is 0 Å². The third-order valence-electron chi connectivity index (χ3n) is 3.00. The number of aromatic nitrogens is 1. The molecule has 0 radical (unpaired) electrons. The molecule has 100 valence electrons. The molecule has 0 saturated heterocycles. The van der Waals surface area contributed by atoms with Gasteiger partial charge in [-0.2, -0.15) is 0 Å². The molecule has 1 heterocycles. The number of rotatable bonds is 3. The van der Waals surface area contributed by atoms with Crippen LogP contribution in [-0.4, -0.2) is 4.98 Å². The Morgan fingerprint density at radius 3 is 2.05 bits per heavy atom. The number of halogens is 2. The Hall–Kier alpha value is -1.39. The first kappa shape index (κ1) is 13.6. The molecule has 20 heavy (non-hydrogen) atoms. The monoisotopic (exact) mass is 391 g/mol. The van der Waals surface area contributed by atoms with Crippen molar-refractivity contribution in [2.45, 2.75) is 5.33 Å². The molecular formula is C16H11Br2NO. The molecule has 0 aliphatic heterocycles. The lowest BCUT2D eigenvalue weighted by molar-refractivity contribution is 0.531. The van der Waals surface area contributed by atoms with Crippen molar-refractivity contribution in [2.75, 3.05) is 0 Å². The third-order valence-corrected chi connectivity index (χ3v) is 4.02. The Morgan fingerprint density at radius 2 is 1.45 bits per heavy atom. The minimum absolute atomic E-state index is 0.605. The lowest BCUT2D eigenvalue weighted by Crippen LogP contribution is -1.79. The molecule has 2 aromatic carbocycles. The largest absolute Gasteiger partial charge is 0.439 e. The average molecular weight is 393 g/mol. The molecule has 0 amide bonds. The molecule has 0 aliphatic rings. The fourth-order valence-electron chi connectivity index (χ4n) is 2.02. The molecule has 0 N–H and O–H groups in total. The van der Waals surface area contributed by atoms with Gasteiger partial charge in [-0.15, -0.1) is 0 Å². The van der Waals surface area contributed by atoms with E-state index in [-0.39, 0.29) is 0 Å². The van der Waals surface area contributed by atoms with Crippen LogP contribution in [0, 0.1) is 0 Å². The van der Waals surface area contributed by atoms with Crippen molar-refractivity contribution in [2.24, 2.45) is 0 Å². The highest BCUT2D eigenvalue weighted by atomic mass is 79.9. The standard InChI is InChI=1S/C16H11Br2NO/c17-10-14-19-16(18)15(20-14)13-8-6-12(7-9-13)11-4-2-1-3-5-11/h1-9H,10H2. The van der Waals surface area contributed by atoms with Crippen molar-refractivity contribution < 1.29 is 4.42 Å². The quantitative estimate of drug-likeness (QED) is 0.537. The van der Waals surface area contributed by atoms with Crippen LogP contribution in [0.3, 0.4) is 0 Å². The van der Waals surface area contributed by atoms with E-state index >= 15 is 0 Å². The van der Waals surface area contributed by atoms with Crippen LogP contribution < -0.4 is 0 Å². The smallest absolute Gasteiger partial charge is 0.206 e. The number of hydrogen-bond acceptors (Lipinski definition) is 2. The number of alkyl halides is 1. The molecule has 4 heteroatoms. The average Bonchev–Trinajstić information content (AvgIpc) is 2.89. The first-order valence-electron chi connectivity index (χ1n) is 6.15. The molecule has 0 atom stereocenters. The van der Waals surface area contributed by atoms with Gasteiger partial charge in [0.25, 0.3) is 0 Å². The second-order valence-electron chi connectivity index (χ2n) is 4.30. The van der Waals surface area contributed by atoms with Gasteiger partial charge in [0.2, 0.25) is 5.89 Å². The predicted octanol–water partition coefficient (Wildman–Crippen LogP) is 5.67. The Morgan fingerprint density at radius 1 is 0.850 bits per heavy atom. The van der Waals surface area contributed by atoms with Crippen LogP contribution in [0.5, 0.6) is 0 Å². The zero-order valence-electron chi connectivity index (χ0n) is 10.5. The van der Waals surface area contributed by atoms with Crippen molar-refractivity contribution in [3.63, 3.8) is 0 Å². The summed E-state index contributed by atoms with van der Waals surface area (Å²) in [6.07, 6.45) is 0. The third kappa shape index (κ3) is 2.72. The summed E-state index contributed by atoms with van der Waals surface area (Å²) in [5, 5.41) is 0.605. The van der Waals surface area contributed by atoms with Crippen molar-refractivity contribution in [3.05, 3.63) is 65.1 Å². The molecule has 0 fully saturated rings. The van der Waals surface area contributed by atoms with E-state index in [1.807, 2.05) is 30.3 Å². The maximum Gasteiger partial charge on any atom is 0.206 e. The second kappa shape index (κ2) is 5.94. The van der Waals surface area contributed by atoms with Crippen LogP contribution in [-0.2, 0) is 5.33 Å². The molecule has 0 spiro atoms. The van der Waals surface area contributed by atoms with Crippen LogP contribution >= 0.6 is 31.9 Å². The van der Waals surface area contributed by atoms with E-state index in [2.05, 4.69) is 61.1 Å². The van der Waals surface area contributed by atoms with Crippen LogP contribution in [0.15, 0.2) is 63.6 Å². The van der Waals surface area contributed by atoms with Crippen LogP contribution in [0.25, 0.3) is 22.5 Å². The van der Waals surface area contributed by atoms with Crippen LogP contribution in [0.4, 0.5) is 0 Å². The predicted molar refractivity (Wildman–Crippen MR) is 87.7 cm³/mol. The highest BCUT2D eigenvalue weighted by Gasteiger charge is 2.12. The summed E-state index contributed by atoms with van der Waals surface area (Å²) in [4.78, 5) is 4.29. The Kier molecular flexibility index (Phi) is 4.03. The maximum absolute atomic E-state index is 5.69. The molecule has 0 saturated carbocycles. The summed E-state index contributed by atoms with van der Waals surface area (Å²) in [6, 6.07) is 18.6. The van der Waals surface area contributed by atoms with Gasteiger partial charge in [0.15, 0.2) is 10.4 Å². The number of hydrogen-bond donors (Lipinski definition) is 0. The normalized spacial score (nSPS) is 10.7. The van der Waals surface area contributed by atoms with Gasteiger partial charge in [-0.1, -0.05) is 70.5 Å². The van der Waals surface area contributed by atoms with E-state index in [0.29, 0.717) is 11.2 Å². The first-order chi connectivity index (χ1) is 9.78. The van der Waals surface area contributed by atoms with E-state index in [9.17, 15) is 0 Å². The van der Waals surface area contributed by atoms with Crippen molar-refractivity contribution in [3.8, 4) is 22.5 Å². The number of nitrogens with zero attached hydrogens (tertiary/aromatic N) is 1. The summed E-state index contributed by atoms with van der Waals surface area (Å²) < 4.78 is 6.43. The number of benzene rings is 2. The molecule has 0 bridgehead atoms. The summed E-state index contributed by atoms with van der Waals surface area (Å²) in [5.74, 6) is 1.43. The van der Waals surface area contributed by atoms with E-state index in [1.165, 1.54) is 11.1 Å². The number of oxazole rings is 1. The molecule has 0 unspecified atom stereocenters. The van der Waals surface area contributed by atoms with Gasteiger partial charge in [-0.3, -0.25) is 0 Å². The summed E-state index contributed by atoms with van der Waals surface area (Å²) >= 11 is 6.78. The van der Waals surface area contributed by atoms with Crippen molar-refractivity contribution in [1.82, 2.24) is 4.98 Å². The molecular weight excluding hydrogens is 382 g/mol. The van der Waals surface area contributed by atoms with Gasteiger partial charge in [0.05, 0.1) is 5.33 Å². The Bertz CT molecular complexity index is 705. The van der Waals surface area contributed by atoms with Gasteiger partial charge in [-0.05, 0) is 27.1 Å². The van der Waals surface area contributed by atoms with Crippen molar-refractivity contribution >= 4 is 31.9 Å². The van der Waals surface area contributed by atoms with Gasteiger partial charge < -0.3 is 4.42 Å². The second-order valence-corrected chi connectivity index (χ2v) is 5.62. The van der Waals surface area contributed by atoms with Gasteiger partial charge in [0, 0.05) is 5.56 Å². The molecule has 3 rings (SSSR count). The van der Waals surface area contributed by atoms with Gasteiger partial charge >= 0.3 is 0 Å². The highest BCUT2D eigenvalue weighted by molar-refractivity contribution is 9.10. The van der Waals surface area contributed by atoms with Gasteiger partial charge in [0.1, 0.15) is 0 Å². The van der Waals surface area contributed by atoms with E-state index in [1.54, 1.807) is 0 Å². The minimum atomic E-state index is 0.605. The molecule has 1 aromatic heterocycles. The van der Waals surface area contributed by atoms with Crippen LogP contribution in [0.1, 0.15) is 5.89 Å². The highest BCUT2D eigenvalue weighted by Crippen LogP contribution is 2.31. The fraction of sp³-hybridized carbons (Fsp3) is 0.0625. The Balaban J connectivity index is 1.95. The van der Waals surface area contributed by atoms with E-state index in [4.69, 9.17) is 4.42 Å². The molecule has 2 nitrogen and oxygen atoms in total. The zero-order valence-corrected chi connectivity index (χ0v) is 13.7. The summed E-state index contributed by atoms with van der Waals surface area (Å²) in [6.45, 7) is 0. The Labute approximate surface area is 134 Å². The molecule has 3 aromatic rings. The van der Waals surface area contributed by atoms with Crippen LogP contribution in [0.2, 0.25) is 0 Å². The fourth-order valence-corrected chi connectivity index (χ4v) is 2.77. The molecule has 0 aliphatic carbocycles. The topological polar surface area (TPSA) is 26.0 Å². The maximum atomic E-state index is 5.69. The van der Waals surface area contributed by atoms with Gasteiger partial charge in [-0.25, -0.2) is 4.98 Å². The lowest BCUT2D eigenvalue weighted by atomic mass is 10.0. The summed E-state index contributed by atoms with van der Waals surface area (Å²) in [5.41, 5.74) is 3.40. The lowest BCUT2D eigenvalue weighted by Gasteiger charge is -2.03. The van der Waals surface area contributed by atoms with E-state index < -0.39 is 0 Å². The van der Waals surface area contributed by atoms with E-state index in [0.717, 1.165) is 15.9 Å². The minimum Gasteiger partial charge on any atom is -0.439 e.